The maximum atomic E-state index is 12.4. The number of aliphatic carboxylic acids is 1. The summed E-state index contributed by atoms with van der Waals surface area (Å²) in [5.41, 5.74) is 0.242. The lowest BCUT2D eigenvalue weighted by molar-refractivity contribution is -0.136. The molecular formula is C8H7F3N6O2. The number of carbonyl (C=O) groups is 1. The predicted octanol–water partition coefficient (Wildman–Crippen LogP) is -0.0274. The van der Waals surface area contributed by atoms with Crippen molar-refractivity contribution in [2.45, 2.75) is 6.18 Å². The van der Waals surface area contributed by atoms with Gasteiger partial charge in [-0.15, -0.1) is 14.8 Å². The highest BCUT2D eigenvalue weighted by atomic mass is 19.4. The average molecular weight is 276 g/mol. The highest BCUT2D eigenvalue weighted by molar-refractivity contribution is 5.73. The molecule has 0 aliphatic carbocycles. The number of carboxylic acids is 1. The highest BCUT2D eigenvalue weighted by Crippen LogP contribution is 2.20. The Labute approximate surface area is 103 Å². The van der Waals surface area contributed by atoms with Crippen molar-refractivity contribution in [3.8, 4) is 0 Å². The van der Waals surface area contributed by atoms with Crippen molar-refractivity contribution < 1.29 is 23.1 Å². The van der Waals surface area contributed by atoms with Crippen LogP contribution in [0.4, 0.5) is 19.0 Å². The van der Waals surface area contributed by atoms with Crippen LogP contribution in [-0.2, 0) is 4.79 Å². The third-order valence-corrected chi connectivity index (χ3v) is 2.08. The lowest BCUT2D eigenvalue weighted by Gasteiger charge is -2.22. The van der Waals surface area contributed by atoms with Crippen molar-refractivity contribution in [1.29, 1.82) is 0 Å². The van der Waals surface area contributed by atoms with Gasteiger partial charge in [0.05, 0.1) is 0 Å². The van der Waals surface area contributed by atoms with Gasteiger partial charge in [-0.25, -0.2) is 0 Å². The van der Waals surface area contributed by atoms with Gasteiger partial charge in [-0.3, -0.25) is 4.79 Å². The molecule has 0 atom stereocenters. The second-order valence-electron chi connectivity index (χ2n) is 3.58. The predicted molar refractivity (Wildman–Crippen MR) is 54.5 cm³/mol. The number of halogens is 3. The Morgan fingerprint density at radius 3 is 2.79 bits per heavy atom. The molecule has 2 aromatic heterocycles. The van der Waals surface area contributed by atoms with E-state index in [0.717, 1.165) is 4.63 Å². The monoisotopic (exact) mass is 276 g/mol. The van der Waals surface area contributed by atoms with Crippen molar-refractivity contribution in [3.05, 3.63) is 12.1 Å². The number of aromatic nitrogens is 5. The van der Waals surface area contributed by atoms with Gasteiger partial charge in [0.1, 0.15) is 13.1 Å². The molecule has 0 bridgehead atoms. The van der Waals surface area contributed by atoms with E-state index in [1.54, 1.807) is 0 Å². The van der Waals surface area contributed by atoms with E-state index in [1.165, 1.54) is 12.1 Å². The molecule has 0 aliphatic rings. The summed E-state index contributed by atoms with van der Waals surface area (Å²) in [6, 6.07) is 2.56. The zero-order valence-corrected chi connectivity index (χ0v) is 9.24. The van der Waals surface area contributed by atoms with E-state index in [0.29, 0.717) is 4.90 Å². The molecular weight excluding hydrogens is 269 g/mol. The molecule has 0 saturated carbocycles. The number of hydrogen-bond donors (Lipinski definition) is 1. The zero-order valence-electron chi connectivity index (χ0n) is 9.24. The van der Waals surface area contributed by atoms with E-state index in [1.807, 2.05) is 0 Å². The van der Waals surface area contributed by atoms with Crippen molar-refractivity contribution >= 4 is 17.4 Å². The molecule has 0 saturated heterocycles. The molecule has 0 radical (unpaired) electrons. The normalized spacial score (nSPS) is 11.7. The van der Waals surface area contributed by atoms with Crippen molar-refractivity contribution in [2.24, 2.45) is 0 Å². The summed E-state index contributed by atoms with van der Waals surface area (Å²) in [6.07, 6.45) is -4.55. The number of tetrazole rings is 1. The number of anilines is 1. The van der Waals surface area contributed by atoms with Crippen molar-refractivity contribution in [3.63, 3.8) is 0 Å². The smallest absolute Gasteiger partial charge is 0.405 e. The quantitative estimate of drug-likeness (QED) is 0.837. The number of fused-ring (bicyclic) bond motifs is 1. The Kier molecular flexibility index (Phi) is 3.19. The maximum absolute atomic E-state index is 12.4. The first-order chi connectivity index (χ1) is 8.85. The van der Waals surface area contributed by atoms with Gasteiger partial charge in [0.2, 0.25) is 0 Å². The third-order valence-electron chi connectivity index (χ3n) is 2.08. The molecule has 2 rings (SSSR count). The first kappa shape index (κ1) is 13.0. The standard InChI is InChI=1S/C8H7F3N6O2/c9-8(10,11)4-16(3-7(18)19)6-2-1-5-12-14-15-17(5)13-6/h1-2H,3-4H2,(H,18,19). The Bertz CT molecular complexity index is 597. The van der Waals surface area contributed by atoms with Crippen LogP contribution in [0.2, 0.25) is 0 Å². The van der Waals surface area contributed by atoms with Crippen LogP contribution in [0.5, 0.6) is 0 Å². The summed E-state index contributed by atoms with van der Waals surface area (Å²) in [5.74, 6) is -1.58. The van der Waals surface area contributed by atoms with Gasteiger partial charge in [0, 0.05) is 0 Å². The van der Waals surface area contributed by atoms with E-state index in [-0.39, 0.29) is 11.5 Å². The molecule has 2 heterocycles. The van der Waals surface area contributed by atoms with E-state index in [4.69, 9.17) is 5.11 Å². The Morgan fingerprint density at radius 1 is 1.42 bits per heavy atom. The number of alkyl halides is 3. The molecule has 2 aromatic rings. The fraction of sp³-hybridized carbons (Fsp3) is 0.375. The van der Waals surface area contributed by atoms with Gasteiger partial charge in [-0.2, -0.15) is 13.2 Å². The molecule has 1 N–H and O–H groups in total. The zero-order chi connectivity index (χ0) is 14.0. The summed E-state index contributed by atoms with van der Waals surface area (Å²) < 4.78 is 38.1. The lowest BCUT2D eigenvalue weighted by atomic mass is 10.4. The minimum absolute atomic E-state index is 0.181. The fourth-order valence-corrected chi connectivity index (χ4v) is 1.41. The minimum Gasteiger partial charge on any atom is -0.480 e. The molecule has 0 fully saturated rings. The molecule has 19 heavy (non-hydrogen) atoms. The molecule has 0 amide bonds. The van der Waals surface area contributed by atoms with Gasteiger partial charge in [0.25, 0.3) is 0 Å². The van der Waals surface area contributed by atoms with Crippen LogP contribution < -0.4 is 4.90 Å². The van der Waals surface area contributed by atoms with Crippen LogP contribution in [0.15, 0.2) is 12.1 Å². The van der Waals surface area contributed by atoms with Gasteiger partial charge in [-0.1, -0.05) is 0 Å². The van der Waals surface area contributed by atoms with Gasteiger partial charge in [0.15, 0.2) is 11.5 Å². The van der Waals surface area contributed by atoms with Gasteiger partial charge >= 0.3 is 12.1 Å². The summed E-state index contributed by atoms with van der Waals surface area (Å²) in [7, 11) is 0. The maximum Gasteiger partial charge on any atom is 0.405 e. The summed E-state index contributed by atoms with van der Waals surface area (Å²) in [5, 5.41) is 22.6. The Hall–Kier alpha value is -2.46. The largest absolute Gasteiger partial charge is 0.480 e. The molecule has 11 heteroatoms. The van der Waals surface area contributed by atoms with Crippen LogP contribution in [0.25, 0.3) is 5.65 Å². The van der Waals surface area contributed by atoms with E-state index < -0.39 is 25.2 Å². The van der Waals surface area contributed by atoms with Crippen LogP contribution in [0, 0.1) is 0 Å². The average Bonchev–Trinajstić information content (AvgIpc) is 2.72. The topological polar surface area (TPSA) is 96.5 Å². The fourth-order valence-electron chi connectivity index (χ4n) is 1.41. The number of rotatable bonds is 4. The molecule has 0 spiro atoms. The van der Waals surface area contributed by atoms with E-state index in [9.17, 15) is 18.0 Å². The SMILES string of the molecule is O=C(O)CN(CC(F)(F)F)c1ccc2nnnn2n1. The molecule has 0 unspecified atom stereocenters. The number of nitrogens with zero attached hydrogens (tertiary/aromatic N) is 6. The second-order valence-corrected chi connectivity index (χ2v) is 3.58. The van der Waals surface area contributed by atoms with Crippen LogP contribution in [0.3, 0.4) is 0 Å². The van der Waals surface area contributed by atoms with Crippen molar-refractivity contribution in [1.82, 2.24) is 25.3 Å². The van der Waals surface area contributed by atoms with Gasteiger partial charge < -0.3 is 10.0 Å². The third kappa shape index (κ3) is 3.26. The molecule has 102 valence electrons. The summed E-state index contributed by atoms with van der Waals surface area (Å²) >= 11 is 0. The van der Waals surface area contributed by atoms with Crippen molar-refractivity contribution in [2.75, 3.05) is 18.0 Å². The van der Waals surface area contributed by atoms with E-state index in [2.05, 4.69) is 20.6 Å². The highest BCUT2D eigenvalue weighted by Gasteiger charge is 2.32. The first-order valence-corrected chi connectivity index (χ1v) is 4.94. The Morgan fingerprint density at radius 2 is 2.16 bits per heavy atom. The second kappa shape index (κ2) is 4.66. The minimum atomic E-state index is -4.55. The Balaban J connectivity index is 2.32. The van der Waals surface area contributed by atoms with E-state index >= 15 is 0 Å². The number of carboxylic acid groups (broad SMARTS) is 1. The van der Waals surface area contributed by atoms with Crippen LogP contribution >= 0.6 is 0 Å². The lowest BCUT2D eigenvalue weighted by Crippen LogP contribution is -2.38. The molecule has 0 aromatic carbocycles. The summed E-state index contributed by atoms with van der Waals surface area (Å²) in [6.45, 7) is -2.26. The molecule has 8 nitrogen and oxygen atoms in total. The molecule has 0 aliphatic heterocycles. The van der Waals surface area contributed by atoms with Crippen LogP contribution in [0.1, 0.15) is 0 Å². The van der Waals surface area contributed by atoms with Crippen LogP contribution in [-0.4, -0.2) is 55.6 Å². The first-order valence-electron chi connectivity index (χ1n) is 4.94. The number of hydrogen-bond acceptors (Lipinski definition) is 6. The summed E-state index contributed by atoms with van der Waals surface area (Å²) in [4.78, 5) is 11.2. The van der Waals surface area contributed by atoms with Gasteiger partial charge in [-0.05, 0) is 22.6 Å².